The predicted octanol–water partition coefficient (Wildman–Crippen LogP) is 1.20. The molecule has 0 aliphatic carbocycles. The Morgan fingerprint density at radius 1 is 1.39 bits per heavy atom. The van der Waals surface area contributed by atoms with Crippen LogP contribution in [-0.2, 0) is 11.3 Å². The molecule has 1 saturated heterocycles. The Balaban J connectivity index is 1.80. The highest BCUT2D eigenvalue weighted by Crippen LogP contribution is 2.33. The number of hydrogen-bond acceptors (Lipinski definition) is 8. The molecule has 8 heteroatoms. The molecule has 1 aliphatic heterocycles. The SMILES string of the molecule is CO[C@H]1C[C@H](c2nc(C)no2)N(Cc2ccnc(N(C)C)n2)C1. The van der Waals surface area contributed by atoms with E-state index in [0.29, 0.717) is 24.2 Å². The zero-order valence-corrected chi connectivity index (χ0v) is 13.9. The Kier molecular flexibility index (Phi) is 4.53. The molecule has 1 fully saturated rings. The fourth-order valence-electron chi connectivity index (χ4n) is 2.81. The molecule has 0 bridgehead atoms. The standard InChI is InChI=1S/C15H22N6O2/c1-10-17-14(23-19-10)13-7-12(22-4)9-21(13)8-11-5-6-16-15(18-11)20(2)3/h5-6,12-13H,7-9H2,1-4H3/t12-,13+/m0/s1. The van der Waals surface area contributed by atoms with E-state index in [-0.39, 0.29) is 12.1 Å². The molecular weight excluding hydrogens is 296 g/mol. The second-order valence-corrected chi connectivity index (χ2v) is 5.96. The van der Waals surface area contributed by atoms with Crippen LogP contribution in [0.25, 0.3) is 0 Å². The van der Waals surface area contributed by atoms with E-state index in [4.69, 9.17) is 9.26 Å². The van der Waals surface area contributed by atoms with E-state index in [1.165, 1.54) is 0 Å². The van der Waals surface area contributed by atoms with Gasteiger partial charge < -0.3 is 14.2 Å². The lowest BCUT2D eigenvalue weighted by Gasteiger charge is -2.21. The summed E-state index contributed by atoms with van der Waals surface area (Å²) in [5.74, 6) is 2.00. The molecule has 0 amide bonds. The summed E-state index contributed by atoms with van der Waals surface area (Å²) in [4.78, 5) is 17.4. The van der Waals surface area contributed by atoms with Crippen LogP contribution in [0, 0.1) is 6.92 Å². The molecule has 8 nitrogen and oxygen atoms in total. The van der Waals surface area contributed by atoms with Crippen LogP contribution in [0.3, 0.4) is 0 Å². The molecule has 1 aliphatic rings. The van der Waals surface area contributed by atoms with Crippen LogP contribution in [0.1, 0.15) is 29.9 Å². The molecular formula is C15H22N6O2. The Hall–Kier alpha value is -2.06. The van der Waals surface area contributed by atoms with E-state index in [1.54, 1.807) is 13.3 Å². The van der Waals surface area contributed by atoms with Gasteiger partial charge in [0.25, 0.3) is 0 Å². The molecule has 2 atom stereocenters. The third-order valence-corrected chi connectivity index (χ3v) is 3.99. The smallest absolute Gasteiger partial charge is 0.244 e. The lowest BCUT2D eigenvalue weighted by molar-refractivity contribution is 0.107. The van der Waals surface area contributed by atoms with Crippen LogP contribution < -0.4 is 4.90 Å². The van der Waals surface area contributed by atoms with Crippen LogP contribution in [-0.4, -0.2) is 58.9 Å². The van der Waals surface area contributed by atoms with Crippen molar-refractivity contribution >= 4 is 5.95 Å². The minimum absolute atomic E-state index is 0.0546. The highest BCUT2D eigenvalue weighted by molar-refractivity contribution is 5.27. The van der Waals surface area contributed by atoms with E-state index >= 15 is 0 Å². The maximum atomic E-state index is 5.53. The summed E-state index contributed by atoms with van der Waals surface area (Å²) in [5.41, 5.74) is 0.960. The monoisotopic (exact) mass is 318 g/mol. The Morgan fingerprint density at radius 2 is 2.22 bits per heavy atom. The van der Waals surface area contributed by atoms with Crippen molar-refractivity contribution in [3.8, 4) is 0 Å². The Morgan fingerprint density at radius 3 is 2.87 bits per heavy atom. The van der Waals surface area contributed by atoms with Gasteiger partial charge in [-0.1, -0.05) is 5.16 Å². The average molecular weight is 318 g/mol. The maximum absolute atomic E-state index is 5.53. The van der Waals surface area contributed by atoms with Gasteiger partial charge in [0, 0.05) is 40.5 Å². The van der Waals surface area contributed by atoms with Crippen LogP contribution in [0.5, 0.6) is 0 Å². The lowest BCUT2D eigenvalue weighted by atomic mass is 10.2. The third-order valence-electron chi connectivity index (χ3n) is 3.99. The summed E-state index contributed by atoms with van der Waals surface area (Å²) in [6, 6.07) is 1.99. The summed E-state index contributed by atoms with van der Waals surface area (Å²) in [6.45, 7) is 3.33. The van der Waals surface area contributed by atoms with Gasteiger partial charge in [-0.2, -0.15) is 4.98 Å². The fourth-order valence-corrected chi connectivity index (χ4v) is 2.81. The molecule has 0 saturated carbocycles. The van der Waals surface area contributed by atoms with E-state index in [9.17, 15) is 0 Å². The minimum Gasteiger partial charge on any atom is -0.380 e. The van der Waals surface area contributed by atoms with Crippen LogP contribution in [0.4, 0.5) is 5.95 Å². The maximum Gasteiger partial charge on any atom is 0.244 e. The van der Waals surface area contributed by atoms with E-state index in [2.05, 4.69) is 25.0 Å². The highest BCUT2D eigenvalue weighted by Gasteiger charge is 2.36. The molecule has 2 aromatic heterocycles. The van der Waals surface area contributed by atoms with Gasteiger partial charge in [0.05, 0.1) is 17.8 Å². The van der Waals surface area contributed by atoms with Crippen molar-refractivity contribution in [2.24, 2.45) is 0 Å². The summed E-state index contributed by atoms with van der Waals surface area (Å²) in [7, 11) is 5.60. The van der Waals surface area contributed by atoms with Crippen molar-refractivity contribution in [3.05, 3.63) is 29.7 Å². The number of hydrogen-bond donors (Lipinski definition) is 0. The average Bonchev–Trinajstić information content (AvgIpc) is 3.13. The van der Waals surface area contributed by atoms with Gasteiger partial charge in [-0.3, -0.25) is 4.90 Å². The largest absolute Gasteiger partial charge is 0.380 e. The first-order chi connectivity index (χ1) is 11.1. The summed E-state index contributed by atoms with van der Waals surface area (Å²) >= 11 is 0. The van der Waals surface area contributed by atoms with Gasteiger partial charge in [0.1, 0.15) is 0 Å². The van der Waals surface area contributed by atoms with Gasteiger partial charge in [-0.15, -0.1) is 0 Å². The normalized spacial score (nSPS) is 21.7. The van der Waals surface area contributed by atoms with Crippen molar-refractivity contribution in [3.63, 3.8) is 0 Å². The number of aryl methyl sites for hydroxylation is 1. The Bertz CT molecular complexity index is 659. The van der Waals surface area contributed by atoms with Crippen molar-refractivity contribution in [1.82, 2.24) is 25.0 Å². The second kappa shape index (κ2) is 6.59. The zero-order chi connectivity index (χ0) is 16.4. The van der Waals surface area contributed by atoms with E-state index in [1.807, 2.05) is 32.0 Å². The molecule has 3 heterocycles. The number of anilines is 1. The van der Waals surface area contributed by atoms with Crippen molar-refractivity contribution in [2.75, 3.05) is 32.6 Å². The number of rotatable bonds is 5. The van der Waals surface area contributed by atoms with Gasteiger partial charge in [0.15, 0.2) is 5.82 Å². The molecule has 124 valence electrons. The van der Waals surface area contributed by atoms with Gasteiger partial charge >= 0.3 is 0 Å². The summed E-state index contributed by atoms with van der Waals surface area (Å²) in [6.07, 6.45) is 2.78. The number of likely N-dealkylation sites (tertiary alicyclic amines) is 1. The zero-order valence-electron chi connectivity index (χ0n) is 13.9. The minimum atomic E-state index is 0.0546. The van der Waals surface area contributed by atoms with Crippen molar-refractivity contribution < 1.29 is 9.26 Å². The number of ether oxygens (including phenoxy) is 1. The van der Waals surface area contributed by atoms with Gasteiger partial charge in [-0.25, -0.2) is 9.97 Å². The molecule has 0 radical (unpaired) electrons. The molecule has 0 spiro atoms. The first-order valence-corrected chi connectivity index (χ1v) is 7.63. The second-order valence-electron chi connectivity index (χ2n) is 5.96. The number of nitrogens with zero attached hydrogens (tertiary/aromatic N) is 6. The van der Waals surface area contributed by atoms with E-state index in [0.717, 1.165) is 18.7 Å². The Labute approximate surface area is 135 Å². The molecule has 0 unspecified atom stereocenters. The highest BCUT2D eigenvalue weighted by atomic mass is 16.5. The van der Waals surface area contributed by atoms with E-state index < -0.39 is 0 Å². The number of aromatic nitrogens is 4. The van der Waals surface area contributed by atoms with Crippen LogP contribution in [0.2, 0.25) is 0 Å². The topological polar surface area (TPSA) is 80.4 Å². The molecule has 3 rings (SSSR count). The third kappa shape index (κ3) is 3.48. The quantitative estimate of drug-likeness (QED) is 0.813. The summed E-state index contributed by atoms with van der Waals surface area (Å²) in [5, 5.41) is 3.90. The first-order valence-electron chi connectivity index (χ1n) is 7.63. The van der Waals surface area contributed by atoms with Crippen LogP contribution >= 0.6 is 0 Å². The number of methoxy groups -OCH3 is 1. The summed E-state index contributed by atoms with van der Waals surface area (Å²) < 4.78 is 10.9. The molecule has 0 aromatic carbocycles. The fraction of sp³-hybridized carbons (Fsp3) is 0.600. The van der Waals surface area contributed by atoms with Crippen molar-refractivity contribution in [2.45, 2.75) is 32.0 Å². The van der Waals surface area contributed by atoms with Crippen LogP contribution in [0.15, 0.2) is 16.8 Å². The predicted molar refractivity (Wildman–Crippen MR) is 84.0 cm³/mol. The first kappa shape index (κ1) is 15.8. The van der Waals surface area contributed by atoms with Crippen molar-refractivity contribution in [1.29, 1.82) is 0 Å². The molecule has 23 heavy (non-hydrogen) atoms. The molecule has 2 aromatic rings. The van der Waals surface area contributed by atoms with Gasteiger partial charge in [0.2, 0.25) is 11.8 Å². The molecule has 0 N–H and O–H groups in total. The lowest BCUT2D eigenvalue weighted by Crippen LogP contribution is -2.26. The van der Waals surface area contributed by atoms with Gasteiger partial charge in [-0.05, 0) is 19.4 Å².